The minimum Gasteiger partial charge on any atom is -0.393 e. The lowest BCUT2D eigenvalue weighted by molar-refractivity contribution is 0.0968. The van der Waals surface area contributed by atoms with Gasteiger partial charge in [0, 0.05) is 19.2 Å². The quantitative estimate of drug-likeness (QED) is 0.600. The van der Waals surface area contributed by atoms with Crippen molar-refractivity contribution < 1.29 is 9.84 Å². The molecule has 3 unspecified atom stereocenters. The summed E-state index contributed by atoms with van der Waals surface area (Å²) in [6.07, 6.45) is 6.07. The van der Waals surface area contributed by atoms with Gasteiger partial charge in [-0.15, -0.1) is 0 Å². The third kappa shape index (κ3) is 5.25. The van der Waals surface area contributed by atoms with Gasteiger partial charge in [-0.25, -0.2) is 0 Å². The zero-order valence-electron chi connectivity index (χ0n) is 10.3. The molecule has 0 aromatic rings. The summed E-state index contributed by atoms with van der Waals surface area (Å²) in [4.78, 5) is 0. The molecule has 0 heterocycles. The maximum absolute atomic E-state index is 9.61. The van der Waals surface area contributed by atoms with E-state index in [-0.39, 0.29) is 6.10 Å². The number of nitrogens with two attached hydrogens (primary N) is 1. The van der Waals surface area contributed by atoms with Crippen LogP contribution in [0.2, 0.25) is 0 Å². The molecule has 1 saturated carbocycles. The van der Waals surface area contributed by atoms with E-state index < -0.39 is 0 Å². The number of nitrogens with one attached hydrogen (secondary N) is 1. The second-order valence-corrected chi connectivity index (χ2v) is 4.77. The number of aliphatic hydroxyl groups excluding tert-OH is 1. The Morgan fingerprint density at radius 2 is 2.31 bits per heavy atom. The maximum Gasteiger partial charge on any atom is 0.0615 e. The van der Waals surface area contributed by atoms with Gasteiger partial charge < -0.3 is 20.9 Å². The molecule has 0 saturated heterocycles. The van der Waals surface area contributed by atoms with Gasteiger partial charge >= 0.3 is 0 Å². The van der Waals surface area contributed by atoms with Crippen molar-refractivity contribution >= 4 is 0 Å². The molecule has 0 aliphatic heterocycles. The van der Waals surface area contributed by atoms with Gasteiger partial charge in [-0.1, -0.05) is 0 Å². The van der Waals surface area contributed by atoms with Crippen LogP contribution < -0.4 is 11.1 Å². The second-order valence-electron chi connectivity index (χ2n) is 4.77. The summed E-state index contributed by atoms with van der Waals surface area (Å²) in [5, 5.41) is 13.2. The van der Waals surface area contributed by atoms with Gasteiger partial charge in [-0.2, -0.15) is 0 Å². The average Bonchev–Trinajstić information content (AvgIpc) is 2.26. The van der Waals surface area contributed by atoms with E-state index in [1.807, 2.05) is 0 Å². The highest BCUT2D eigenvalue weighted by Crippen LogP contribution is 2.19. The number of ether oxygens (including phenoxy) is 1. The van der Waals surface area contributed by atoms with Crippen LogP contribution in [0.4, 0.5) is 0 Å². The van der Waals surface area contributed by atoms with Crippen LogP contribution >= 0.6 is 0 Å². The summed E-state index contributed by atoms with van der Waals surface area (Å²) >= 11 is 0. The maximum atomic E-state index is 9.61. The Balaban J connectivity index is 2.28. The van der Waals surface area contributed by atoms with E-state index in [1.54, 1.807) is 7.11 Å². The van der Waals surface area contributed by atoms with Gasteiger partial charge in [0.25, 0.3) is 0 Å². The fourth-order valence-corrected chi connectivity index (χ4v) is 2.43. The van der Waals surface area contributed by atoms with Gasteiger partial charge in [0.1, 0.15) is 0 Å². The monoisotopic (exact) mass is 230 g/mol. The molecule has 0 aromatic heterocycles. The Morgan fingerprint density at radius 3 is 2.94 bits per heavy atom. The third-order valence-corrected chi connectivity index (χ3v) is 3.24. The molecule has 0 bridgehead atoms. The molecule has 96 valence electrons. The molecule has 1 aliphatic carbocycles. The first-order valence-electron chi connectivity index (χ1n) is 6.39. The molecule has 1 fully saturated rings. The zero-order valence-corrected chi connectivity index (χ0v) is 10.3. The molecular weight excluding hydrogens is 204 g/mol. The average molecular weight is 230 g/mol. The lowest BCUT2D eigenvalue weighted by atomic mass is 9.92. The van der Waals surface area contributed by atoms with Gasteiger partial charge in [-0.3, -0.25) is 0 Å². The third-order valence-electron chi connectivity index (χ3n) is 3.24. The smallest absolute Gasteiger partial charge is 0.0615 e. The van der Waals surface area contributed by atoms with Crippen molar-refractivity contribution in [3.8, 4) is 0 Å². The predicted octanol–water partition coefficient (Wildman–Crippen LogP) is 0.633. The van der Waals surface area contributed by atoms with Crippen LogP contribution in [0.25, 0.3) is 0 Å². The Kier molecular flexibility index (Phi) is 6.96. The number of methoxy groups -OCH3 is 1. The van der Waals surface area contributed by atoms with Crippen molar-refractivity contribution in [1.82, 2.24) is 5.32 Å². The van der Waals surface area contributed by atoms with E-state index in [1.165, 1.54) is 6.42 Å². The van der Waals surface area contributed by atoms with E-state index in [2.05, 4.69) is 5.32 Å². The SMILES string of the molecule is COCC(CCCN)NC1CCCC(O)C1. The van der Waals surface area contributed by atoms with Crippen molar-refractivity contribution in [3.05, 3.63) is 0 Å². The Labute approximate surface area is 98.5 Å². The van der Waals surface area contributed by atoms with Crippen molar-refractivity contribution in [2.24, 2.45) is 5.73 Å². The molecule has 0 radical (unpaired) electrons. The van der Waals surface area contributed by atoms with E-state index >= 15 is 0 Å². The highest BCUT2D eigenvalue weighted by Gasteiger charge is 2.22. The summed E-state index contributed by atoms with van der Waals surface area (Å²) in [5.74, 6) is 0. The summed E-state index contributed by atoms with van der Waals surface area (Å²) in [7, 11) is 1.73. The van der Waals surface area contributed by atoms with E-state index in [9.17, 15) is 5.11 Å². The van der Waals surface area contributed by atoms with Crippen LogP contribution in [0.3, 0.4) is 0 Å². The Morgan fingerprint density at radius 1 is 1.50 bits per heavy atom. The minimum absolute atomic E-state index is 0.121. The fourth-order valence-electron chi connectivity index (χ4n) is 2.43. The van der Waals surface area contributed by atoms with Crippen LogP contribution in [0.5, 0.6) is 0 Å². The Bertz CT molecular complexity index is 178. The predicted molar refractivity (Wildman–Crippen MR) is 65.4 cm³/mol. The highest BCUT2D eigenvalue weighted by atomic mass is 16.5. The first kappa shape index (κ1) is 13.9. The topological polar surface area (TPSA) is 67.5 Å². The molecule has 0 amide bonds. The second kappa shape index (κ2) is 8.01. The summed E-state index contributed by atoms with van der Waals surface area (Å²) in [6.45, 7) is 1.46. The number of hydrogen-bond acceptors (Lipinski definition) is 4. The summed E-state index contributed by atoms with van der Waals surface area (Å²) < 4.78 is 5.20. The van der Waals surface area contributed by atoms with Crippen molar-refractivity contribution in [1.29, 1.82) is 0 Å². The van der Waals surface area contributed by atoms with E-state index in [0.717, 1.165) is 45.3 Å². The number of rotatable bonds is 7. The Hall–Kier alpha value is -0.160. The molecule has 4 nitrogen and oxygen atoms in total. The highest BCUT2D eigenvalue weighted by molar-refractivity contribution is 4.81. The van der Waals surface area contributed by atoms with Gasteiger partial charge in [0.15, 0.2) is 0 Å². The molecule has 1 aliphatic rings. The lowest BCUT2D eigenvalue weighted by Crippen LogP contribution is -2.44. The number of aliphatic hydroxyl groups is 1. The normalized spacial score (nSPS) is 27.9. The molecule has 0 spiro atoms. The lowest BCUT2D eigenvalue weighted by Gasteiger charge is -2.30. The molecule has 3 atom stereocenters. The van der Waals surface area contributed by atoms with Crippen LogP contribution in [-0.2, 0) is 4.74 Å². The van der Waals surface area contributed by atoms with E-state index in [4.69, 9.17) is 10.5 Å². The fraction of sp³-hybridized carbons (Fsp3) is 1.00. The molecule has 16 heavy (non-hydrogen) atoms. The molecular formula is C12H26N2O2. The van der Waals surface area contributed by atoms with E-state index in [0.29, 0.717) is 12.1 Å². The molecule has 4 heteroatoms. The number of hydrogen-bond donors (Lipinski definition) is 3. The summed E-state index contributed by atoms with van der Waals surface area (Å²) in [5.41, 5.74) is 5.52. The first-order chi connectivity index (χ1) is 7.76. The first-order valence-corrected chi connectivity index (χ1v) is 6.39. The minimum atomic E-state index is -0.121. The van der Waals surface area contributed by atoms with Crippen LogP contribution in [0.1, 0.15) is 38.5 Å². The zero-order chi connectivity index (χ0) is 11.8. The van der Waals surface area contributed by atoms with Crippen LogP contribution in [0, 0.1) is 0 Å². The van der Waals surface area contributed by atoms with Crippen molar-refractivity contribution in [2.75, 3.05) is 20.3 Å². The van der Waals surface area contributed by atoms with Gasteiger partial charge in [0.05, 0.1) is 12.7 Å². The largest absolute Gasteiger partial charge is 0.393 e. The van der Waals surface area contributed by atoms with Crippen LogP contribution in [0.15, 0.2) is 0 Å². The molecule has 1 rings (SSSR count). The molecule has 4 N–H and O–H groups in total. The van der Waals surface area contributed by atoms with Gasteiger partial charge in [0.2, 0.25) is 0 Å². The van der Waals surface area contributed by atoms with Gasteiger partial charge in [-0.05, 0) is 45.1 Å². The summed E-state index contributed by atoms with van der Waals surface area (Å²) in [6, 6.07) is 0.825. The van der Waals surface area contributed by atoms with Crippen molar-refractivity contribution in [2.45, 2.75) is 56.7 Å². The standard InChI is InChI=1S/C12H26N2O2/c1-16-9-11(5-3-7-13)14-10-4-2-6-12(15)8-10/h10-12,14-15H,2-9,13H2,1H3. The van der Waals surface area contributed by atoms with Crippen molar-refractivity contribution in [3.63, 3.8) is 0 Å². The van der Waals surface area contributed by atoms with Crippen LogP contribution in [-0.4, -0.2) is 43.6 Å². The molecule has 0 aromatic carbocycles.